The van der Waals surface area contributed by atoms with Gasteiger partial charge in [-0.3, -0.25) is 4.79 Å². The summed E-state index contributed by atoms with van der Waals surface area (Å²) in [4.78, 5) is 17.1. The minimum Gasteiger partial charge on any atom is -0.342 e. The van der Waals surface area contributed by atoms with Gasteiger partial charge in [-0.25, -0.2) is 0 Å². The van der Waals surface area contributed by atoms with Crippen LogP contribution in [-0.2, 0) is 4.79 Å². The van der Waals surface area contributed by atoms with Gasteiger partial charge in [0.2, 0.25) is 5.91 Å². The number of nitrogens with zero attached hydrogens (tertiary/aromatic N) is 2. The Labute approximate surface area is 160 Å². The van der Waals surface area contributed by atoms with E-state index in [1.165, 1.54) is 25.7 Å². The largest absolute Gasteiger partial charge is 0.342 e. The van der Waals surface area contributed by atoms with Crippen molar-refractivity contribution in [2.45, 2.75) is 46.0 Å². The highest BCUT2D eigenvalue weighted by atomic mass is 35.5. The molecule has 2 aliphatic rings. The molecule has 0 bridgehead atoms. The highest BCUT2D eigenvalue weighted by Crippen LogP contribution is 2.25. The number of hydrogen-bond donors (Lipinski definition) is 1. The fourth-order valence-corrected chi connectivity index (χ4v) is 4.06. The molecule has 0 spiro atoms. The zero-order valence-corrected chi connectivity index (χ0v) is 17.3. The van der Waals surface area contributed by atoms with E-state index in [1.54, 1.807) is 0 Å². The minimum atomic E-state index is 0. The first-order chi connectivity index (χ1) is 10.6. The molecule has 2 rings (SSSR count). The van der Waals surface area contributed by atoms with Gasteiger partial charge >= 0.3 is 0 Å². The Morgan fingerprint density at radius 1 is 1.33 bits per heavy atom. The van der Waals surface area contributed by atoms with Crippen molar-refractivity contribution >= 4 is 30.7 Å². The van der Waals surface area contributed by atoms with Crippen molar-refractivity contribution in [1.29, 1.82) is 0 Å². The topological polar surface area (TPSA) is 35.6 Å². The molecule has 0 saturated carbocycles. The summed E-state index contributed by atoms with van der Waals surface area (Å²) in [6.45, 7) is 11.0. The van der Waals surface area contributed by atoms with Gasteiger partial charge in [0, 0.05) is 26.1 Å². The fourth-order valence-electron chi connectivity index (χ4n) is 4.06. The second-order valence-electron chi connectivity index (χ2n) is 7.54. The lowest BCUT2D eigenvalue weighted by Crippen LogP contribution is -2.37. The summed E-state index contributed by atoms with van der Waals surface area (Å²) in [6.07, 6.45) is 5.67. The first kappa shape index (κ1) is 24.0. The van der Waals surface area contributed by atoms with E-state index in [-0.39, 0.29) is 24.8 Å². The highest BCUT2D eigenvalue weighted by Gasteiger charge is 2.29. The highest BCUT2D eigenvalue weighted by molar-refractivity contribution is 5.85. The molecule has 3 unspecified atom stereocenters. The molecule has 0 radical (unpaired) electrons. The fraction of sp³-hybridized carbons (Fsp3) is 0.944. The smallest absolute Gasteiger partial charge is 0.222 e. The first-order valence-corrected chi connectivity index (χ1v) is 9.27. The molecule has 4 nitrogen and oxygen atoms in total. The molecule has 0 aromatic rings. The molecule has 1 N–H and O–H groups in total. The standard InChI is InChI=1S/C18H35N3O.2ClH/c1-4-9-20(3)13-16-7-10-21(14-16)18(22)11-15(2)17-6-5-8-19-12-17;;/h15-17,19H,4-14H2,1-3H3;2*1H. The lowest BCUT2D eigenvalue weighted by Gasteiger charge is -2.29. The molecule has 2 fully saturated rings. The van der Waals surface area contributed by atoms with E-state index in [9.17, 15) is 4.79 Å². The number of likely N-dealkylation sites (tertiary alicyclic amines) is 1. The molecular formula is C18H37Cl2N3O. The number of rotatable bonds is 7. The van der Waals surface area contributed by atoms with Gasteiger partial charge in [0.15, 0.2) is 0 Å². The molecule has 1 amide bonds. The average molecular weight is 382 g/mol. The molecular weight excluding hydrogens is 345 g/mol. The summed E-state index contributed by atoms with van der Waals surface area (Å²) in [5, 5.41) is 3.47. The zero-order valence-electron chi connectivity index (χ0n) is 15.6. The molecule has 144 valence electrons. The molecule has 0 aromatic heterocycles. The van der Waals surface area contributed by atoms with Gasteiger partial charge in [-0.2, -0.15) is 0 Å². The second kappa shape index (κ2) is 12.3. The van der Waals surface area contributed by atoms with Gasteiger partial charge < -0.3 is 15.1 Å². The van der Waals surface area contributed by atoms with Gasteiger partial charge in [-0.1, -0.05) is 13.8 Å². The lowest BCUT2D eigenvalue weighted by molar-refractivity contribution is -0.131. The Morgan fingerprint density at radius 2 is 2.08 bits per heavy atom. The zero-order chi connectivity index (χ0) is 15.9. The summed E-state index contributed by atoms with van der Waals surface area (Å²) < 4.78 is 0. The van der Waals surface area contributed by atoms with Crippen LogP contribution >= 0.6 is 24.8 Å². The summed E-state index contributed by atoms with van der Waals surface area (Å²) in [6, 6.07) is 0. The number of amides is 1. The van der Waals surface area contributed by atoms with E-state index in [0.717, 1.165) is 45.7 Å². The molecule has 0 aliphatic carbocycles. The molecule has 24 heavy (non-hydrogen) atoms. The van der Waals surface area contributed by atoms with E-state index >= 15 is 0 Å². The summed E-state index contributed by atoms with van der Waals surface area (Å²) in [5.74, 6) is 2.26. The van der Waals surface area contributed by atoms with Crippen molar-refractivity contribution in [1.82, 2.24) is 15.1 Å². The predicted octanol–water partition coefficient (Wildman–Crippen LogP) is 3.05. The molecule has 2 heterocycles. The van der Waals surface area contributed by atoms with Crippen LogP contribution in [0.15, 0.2) is 0 Å². The maximum absolute atomic E-state index is 12.5. The number of piperidine rings is 1. The Bertz CT molecular complexity index is 351. The Kier molecular flexibility index (Phi) is 12.3. The quantitative estimate of drug-likeness (QED) is 0.735. The lowest BCUT2D eigenvalue weighted by atomic mass is 9.85. The minimum absolute atomic E-state index is 0. The molecule has 2 saturated heterocycles. The molecule has 2 aliphatic heterocycles. The van der Waals surface area contributed by atoms with Crippen LogP contribution in [0.3, 0.4) is 0 Å². The number of carbonyl (C=O) groups is 1. The summed E-state index contributed by atoms with van der Waals surface area (Å²) in [5.41, 5.74) is 0. The van der Waals surface area contributed by atoms with Crippen LogP contribution in [0.4, 0.5) is 0 Å². The van der Waals surface area contributed by atoms with Gasteiger partial charge in [0.05, 0.1) is 0 Å². The van der Waals surface area contributed by atoms with Gasteiger partial charge in [-0.05, 0) is 70.1 Å². The SMILES string of the molecule is CCCN(C)CC1CCN(C(=O)CC(C)C2CCCNC2)C1.Cl.Cl. The third-order valence-electron chi connectivity index (χ3n) is 5.45. The van der Waals surface area contributed by atoms with Crippen LogP contribution < -0.4 is 5.32 Å². The maximum Gasteiger partial charge on any atom is 0.222 e. The molecule has 0 aromatic carbocycles. The van der Waals surface area contributed by atoms with Crippen molar-refractivity contribution in [3.63, 3.8) is 0 Å². The van der Waals surface area contributed by atoms with Crippen molar-refractivity contribution in [3.05, 3.63) is 0 Å². The number of halogens is 2. The van der Waals surface area contributed by atoms with Crippen LogP contribution in [0.25, 0.3) is 0 Å². The van der Waals surface area contributed by atoms with E-state index < -0.39 is 0 Å². The van der Waals surface area contributed by atoms with Crippen LogP contribution in [0.2, 0.25) is 0 Å². The van der Waals surface area contributed by atoms with Crippen LogP contribution in [0, 0.1) is 17.8 Å². The Morgan fingerprint density at radius 3 is 2.71 bits per heavy atom. The predicted molar refractivity (Wildman–Crippen MR) is 106 cm³/mol. The van der Waals surface area contributed by atoms with Gasteiger partial charge in [0.1, 0.15) is 0 Å². The van der Waals surface area contributed by atoms with Gasteiger partial charge in [-0.15, -0.1) is 24.8 Å². The van der Waals surface area contributed by atoms with E-state index in [2.05, 4.69) is 36.0 Å². The summed E-state index contributed by atoms with van der Waals surface area (Å²) >= 11 is 0. The van der Waals surface area contributed by atoms with Crippen molar-refractivity contribution in [2.75, 3.05) is 46.3 Å². The average Bonchev–Trinajstić information content (AvgIpc) is 2.97. The molecule has 3 atom stereocenters. The van der Waals surface area contributed by atoms with Crippen LogP contribution in [0.5, 0.6) is 0 Å². The molecule has 6 heteroatoms. The van der Waals surface area contributed by atoms with Crippen molar-refractivity contribution in [2.24, 2.45) is 17.8 Å². The number of carbonyl (C=O) groups excluding carboxylic acids is 1. The number of nitrogens with one attached hydrogen (secondary N) is 1. The number of hydrogen-bond acceptors (Lipinski definition) is 3. The van der Waals surface area contributed by atoms with Gasteiger partial charge in [0.25, 0.3) is 0 Å². The van der Waals surface area contributed by atoms with E-state index in [4.69, 9.17) is 0 Å². The first-order valence-electron chi connectivity index (χ1n) is 9.27. The summed E-state index contributed by atoms with van der Waals surface area (Å²) in [7, 11) is 2.20. The normalized spacial score (nSPS) is 25.1. The van der Waals surface area contributed by atoms with Crippen LogP contribution in [-0.4, -0.2) is 62.0 Å². The van der Waals surface area contributed by atoms with Crippen molar-refractivity contribution < 1.29 is 4.79 Å². The van der Waals surface area contributed by atoms with Crippen molar-refractivity contribution in [3.8, 4) is 0 Å². The third-order valence-corrected chi connectivity index (χ3v) is 5.45. The Balaban J connectivity index is 0.00000264. The van der Waals surface area contributed by atoms with E-state index in [1.807, 2.05) is 0 Å². The second-order valence-corrected chi connectivity index (χ2v) is 7.54. The maximum atomic E-state index is 12.5. The van der Waals surface area contributed by atoms with Crippen LogP contribution in [0.1, 0.15) is 46.0 Å². The van der Waals surface area contributed by atoms with E-state index in [0.29, 0.717) is 23.7 Å². The third kappa shape index (κ3) is 7.47. The Hall–Kier alpha value is -0.0300. The monoisotopic (exact) mass is 381 g/mol.